The van der Waals surface area contributed by atoms with Crippen molar-refractivity contribution in [3.8, 4) is 0 Å². The number of nitrogens with zero attached hydrogens (tertiary/aromatic N) is 1. The fourth-order valence-electron chi connectivity index (χ4n) is 2.54. The molecule has 0 aliphatic heterocycles. The zero-order valence-electron chi connectivity index (χ0n) is 14.7. The van der Waals surface area contributed by atoms with Crippen LogP contribution >= 0.6 is 23.2 Å². The topological polar surface area (TPSA) is 101 Å². The minimum absolute atomic E-state index is 0.173. The highest BCUT2D eigenvalue weighted by atomic mass is 35.5. The van der Waals surface area contributed by atoms with Gasteiger partial charge in [-0.15, -0.1) is 0 Å². The Labute approximate surface area is 169 Å². The maximum atomic E-state index is 12.1. The molecule has 144 valence electrons. The number of halogens is 2. The Morgan fingerprint density at radius 2 is 2.00 bits per heavy atom. The number of hydrogen-bond donors (Lipinski definition) is 2. The molecule has 0 bridgehead atoms. The Morgan fingerprint density at radius 3 is 2.75 bits per heavy atom. The molecule has 1 amide bonds. The predicted molar refractivity (Wildman–Crippen MR) is 106 cm³/mol. The molecule has 0 aliphatic rings. The number of aryl methyl sites for hydroxylation is 1. The second kappa shape index (κ2) is 8.41. The van der Waals surface area contributed by atoms with Gasteiger partial charge in [0.2, 0.25) is 0 Å². The average molecular weight is 420 g/mol. The van der Waals surface area contributed by atoms with Crippen molar-refractivity contribution < 1.29 is 14.3 Å². The molecule has 0 fully saturated rings. The third-order valence-electron chi connectivity index (χ3n) is 3.93. The number of nitrogens with one attached hydrogen (secondary N) is 2. The van der Waals surface area contributed by atoms with E-state index in [9.17, 15) is 14.4 Å². The molecule has 2 N–H and O–H groups in total. The van der Waals surface area contributed by atoms with Crippen molar-refractivity contribution in [2.24, 2.45) is 0 Å². The molecule has 28 heavy (non-hydrogen) atoms. The number of carbonyl (C=O) groups excluding carboxylic acids is 2. The number of amides is 1. The summed E-state index contributed by atoms with van der Waals surface area (Å²) in [6.45, 7) is 1.24. The fourth-order valence-corrected chi connectivity index (χ4v) is 3.04. The van der Waals surface area contributed by atoms with E-state index in [0.717, 1.165) is 5.56 Å². The van der Waals surface area contributed by atoms with E-state index in [1.165, 1.54) is 18.2 Å². The Morgan fingerprint density at radius 1 is 1.21 bits per heavy atom. The molecule has 2 aromatic carbocycles. The molecule has 0 unspecified atom stereocenters. The highest BCUT2D eigenvalue weighted by molar-refractivity contribution is 6.36. The number of rotatable bonds is 5. The largest absolute Gasteiger partial charge is 0.456 e. The summed E-state index contributed by atoms with van der Waals surface area (Å²) >= 11 is 11.7. The molecule has 0 radical (unpaired) electrons. The van der Waals surface area contributed by atoms with Gasteiger partial charge in [-0.2, -0.15) is 0 Å². The van der Waals surface area contributed by atoms with Crippen molar-refractivity contribution in [3.05, 3.63) is 73.7 Å². The SMILES string of the molecule is Cc1cccc2c(=O)[nH]c(COC(=O)CNC(=O)c3ccc(Cl)cc3Cl)nc12. The Balaban J connectivity index is 1.60. The van der Waals surface area contributed by atoms with E-state index in [2.05, 4.69) is 15.3 Å². The molecule has 0 saturated carbocycles. The summed E-state index contributed by atoms with van der Waals surface area (Å²) in [6, 6.07) is 9.68. The molecule has 1 aromatic heterocycles. The van der Waals surface area contributed by atoms with Crippen molar-refractivity contribution >= 4 is 46.0 Å². The van der Waals surface area contributed by atoms with Gasteiger partial charge in [0.1, 0.15) is 19.0 Å². The van der Waals surface area contributed by atoms with Gasteiger partial charge in [0.15, 0.2) is 0 Å². The van der Waals surface area contributed by atoms with Crippen LogP contribution in [0.5, 0.6) is 0 Å². The number of aromatic amines is 1. The fraction of sp³-hybridized carbons (Fsp3) is 0.158. The van der Waals surface area contributed by atoms with Gasteiger partial charge >= 0.3 is 5.97 Å². The normalized spacial score (nSPS) is 10.7. The summed E-state index contributed by atoms with van der Waals surface area (Å²) in [6.07, 6.45) is 0. The van der Waals surface area contributed by atoms with Gasteiger partial charge < -0.3 is 15.0 Å². The van der Waals surface area contributed by atoms with Crippen molar-refractivity contribution in [1.29, 1.82) is 0 Å². The summed E-state index contributed by atoms with van der Waals surface area (Å²) in [5.74, 6) is -1.01. The lowest BCUT2D eigenvalue weighted by atomic mass is 10.1. The monoisotopic (exact) mass is 419 g/mol. The maximum Gasteiger partial charge on any atom is 0.325 e. The van der Waals surface area contributed by atoms with E-state index in [0.29, 0.717) is 15.9 Å². The van der Waals surface area contributed by atoms with Crippen LogP contribution in [0.2, 0.25) is 10.0 Å². The number of benzene rings is 2. The van der Waals surface area contributed by atoms with Crippen LogP contribution in [0.1, 0.15) is 21.7 Å². The number of ether oxygens (including phenoxy) is 1. The number of aromatic nitrogens is 2. The van der Waals surface area contributed by atoms with Gasteiger partial charge in [0.05, 0.1) is 21.5 Å². The van der Waals surface area contributed by atoms with Gasteiger partial charge in [0, 0.05) is 5.02 Å². The molecular weight excluding hydrogens is 405 g/mol. The smallest absolute Gasteiger partial charge is 0.325 e. The average Bonchev–Trinajstić information content (AvgIpc) is 2.65. The summed E-state index contributed by atoms with van der Waals surface area (Å²) < 4.78 is 5.07. The molecule has 0 atom stereocenters. The number of para-hydroxylation sites is 1. The van der Waals surface area contributed by atoms with Gasteiger partial charge in [-0.1, -0.05) is 35.3 Å². The van der Waals surface area contributed by atoms with Crippen LogP contribution < -0.4 is 10.9 Å². The van der Waals surface area contributed by atoms with Crippen molar-refractivity contribution in [1.82, 2.24) is 15.3 Å². The predicted octanol–water partition coefficient (Wildman–Crippen LogP) is 3.01. The standard InChI is InChI=1S/C19H15Cl2N3O4/c1-10-3-2-4-13-17(10)23-15(24-19(13)27)9-28-16(25)8-22-18(26)12-6-5-11(20)7-14(12)21/h2-7H,8-9H2,1H3,(H,22,26)(H,23,24,27). The highest BCUT2D eigenvalue weighted by Crippen LogP contribution is 2.20. The molecule has 7 nitrogen and oxygen atoms in total. The molecule has 0 saturated heterocycles. The molecule has 0 spiro atoms. The summed E-state index contributed by atoms with van der Waals surface area (Å²) in [7, 11) is 0. The molecular formula is C19H15Cl2N3O4. The number of esters is 1. The molecule has 1 heterocycles. The van der Waals surface area contributed by atoms with E-state index in [1.807, 2.05) is 13.0 Å². The van der Waals surface area contributed by atoms with Crippen molar-refractivity contribution in [2.75, 3.05) is 6.54 Å². The Hall–Kier alpha value is -2.90. The molecule has 3 rings (SSSR count). The lowest BCUT2D eigenvalue weighted by Crippen LogP contribution is -2.31. The van der Waals surface area contributed by atoms with E-state index in [4.69, 9.17) is 27.9 Å². The Kier molecular flexibility index (Phi) is 5.96. The highest BCUT2D eigenvalue weighted by Gasteiger charge is 2.13. The van der Waals surface area contributed by atoms with E-state index >= 15 is 0 Å². The minimum Gasteiger partial charge on any atom is -0.456 e. The second-order valence-electron chi connectivity index (χ2n) is 5.95. The summed E-state index contributed by atoms with van der Waals surface area (Å²) in [5.41, 5.74) is 1.26. The zero-order valence-corrected chi connectivity index (χ0v) is 16.2. The lowest BCUT2D eigenvalue weighted by molar-refractivity contribution is -0.143. The zero-order chi connectivity index (χ0) is 20.3. The van der Waals surface area contributed by atoms with Crippen molar-refractivity contribution in [3.63, 3.8) is 0 Å². The first-order valence-electron chi connectivity index (χ1n) is 8.22. The number of hydrogen-bond acceptors (Lipinski definition) is 5. The minimum atomic E-state index is -0.689. The van der Waals surface area contributed by atoms with Gasteiger partial charge in [0.25, 0.3) is 11.5 Å². The van der Waals surface area contributed by atoms with E-state index < -0.39 is 11.9 Å². The van der Waals surface area contributed by atoms with E-state index in [-0.39, 0.29) is 35.1 Å². The van der Waals surface area contributed by atoms with Crippen molar-refractivity contribution in [2.45, 2.75) is 13.5 Å². The quantitative estimate of drug-likeness (QED) is 0.618. The molecule has 9 heteroatoms. The van der Waals surface area contributed by atoms with Gasteiger partial charge in [-0.05, 0) is 36.8 Å². The molecule has 3 aromatic rings. The first-order chi connectivity index (χ1) is 13.3. The molecule has 0 aliphatic carbocycles. The Bertz CT molecular complexity index is 1130. The second-order valence-corrected chi connectivity index (χ2v) is 6.79. The first kappa shape index (κ1) is 19.9. The third-order valence-corrected chi connectivity index (χ3v) is 4.47. The van der Waals surface area contributed by atoms with Crippen LogP contribution in [-0.2, 0) is 16.1 Å². The van der Waals surface area contributed by atoms with Crippen LogP contribution in [-0.4, -0.2) is 28.4 Å². The first-order valence-corrected chi connectivity index (χ1v) is 8.98. The van der Waals surface area contributed by atoms with Gasteiger partial charge in [-0.3, -0.25) is 14.4 Å². The summed E-state index contributed by atoms with van der Waals surface area (Å²) in [5, 5.41) is 3.44. The lowest BCUT2D eigenvalue weighted by Gasteiger charge is -2.08. The third kappa shape index (κ3) is 4.49. The maximum absolute atomic E-state index is 12.1. The number of carbonyl (C=O) groups is 2. The van der Waals surface area contributed by atoms with Crippen LogP contribution in [0, 0.1) is 6.92 Å². The number of fused-ring (bicyclic) bond motifs is 1. The summed E-state index contributed by atoms with van der Waals surface area (Å²) in [4.78, 5) is 43.0. The number of H-pyrrole nitrogens is 1. The van der Waals surface area contributed by atoms with Crippen LogP contribution in [0.3, 0.4) is 0 Å². The van der Waals surface area contributed by atoms with Crippen LogP contribution in [0.15, 0.2) is 41.2 Å². The van der Waals surface area contributed by atoms with Gasteiger partial charge in [-0.25, -0.2) is 4.98 Å². The van der Waals surface area contributed by atoms with E-state index in [1.54, 1.807) is 12.1 Å². The van der Waals surface area contributed by atoms with Crippen LogP contribution in [0.25, 0.3) is 10.9 Å². The van der Waals surface area contributed by atoms with Crippen LogP contribution in [0.4, 0.5) is 0 Å².